The zero-order chi connectivity index (χ0) is 24.6. The van der Waals surface area contributed by atoms with Gasteiger partial charge >= 0.3 is 0 Å². The van der Waals surface area contributed by atoms with Gasteiger partial charge in [0, 0.05) is 28.6 Å². The summed E-state index contributed by atoms with van der Waals surface area (Å²) in [5.74, 6) is 0.497. The summed E-state index contributed by atoms with van der Waals surface area (Å²) < 4.78 is 31.4. The Labute approximate surface area is 203 Å². The number of rotatable bonds is 5. The SMILES string of the molecule is Cc1ccc(S(=O)(=O)N/N=C2\CCCc3oc(C(=O)Nc4cccc5ccccc45)c(C)c32)cc1. The van der Waals surface area contributed by atoms with Crippen molar-refractivity contribution in [3.05, 3.63) is 94.9 Å². The topological polar surface area (TPSA) is 101 Å². The fourth-order valence-corrected chi connectivity index (χ4v) is 5.23. The van der Waals surface area contributed by atoms with Gasteiger partial charge in [-0.3, -0.25) is 4.79 Å². The lowest BCUT2D eigenvalue weighted by Crippen LogP contribution is -2.22. The molecular weight excluding hydrogens is 462 g/mol. The molecule has 1 aliphatic rings. The summed E-state index contributed by atoms with van der Waals surface area (Å²) in [7, 11) is -3.81. The lowest BCUT2D eigenvalue weighted by atomic mass is 9.93. The van der Waals surface area contributed by atoms with Crippen LogP contribution in [0.2, 0.25) is 0 Å². The zero-order valence-corrected chi connectivity index (χ0v) is 20.3. The molecule has 0 spiro atoms. The number of benzene rings is 3. The number of amides is 1. The Hall–Kier alpha value is -3.91. The summed E-state index contributed by atoms with van der Waals surface area (Å²) in [5.41, 5.74) is 3.57. The quantitative estimate of drug-likeness (QED) is 0.372. The van der Waals surface area contributed by atoms with Crippen molar-refractivity contribution in [2.24, 2.45) is 5.10 Å². The predicted octanol–water partition coefficient (Wildman–Crippen LogP) is 5.32. The third-order valence-electron chi connectivity index (χ3n) is 6.20. The molecule has 4 aromatic rings. The number of hydrogen-bond donors (Lipinski definition) is 2. The molecule has 0 saturated heterocycles. The fourth-order valence-electron chi connectivity index (χ4n) is 4.40. The molecule has 0 radical (unpaired) electrons. The number of sulfonamides is 1. The monoisotopic (exact) mass is 487 g/mol. The Kier molecular flexibility index (Phi) is 5.90. The van der Waals surface area contributed by atoms with Crippen LogP contribution in [0.4, 0.5) is 5.69 Å². The second kappa shape index (κ2) is 9.03. The fraction of sp³-hybridized carbons (Fsp3) is 0.185. The predicted molar refractivity (Wildman–Crippen MR) is 136 cm³/mol. The molecule has 1 aliphatic carbocycles. The summed E-state index contributed by atoms with van der Waals surface area (Å²) in [6.45, 7) is 3.69. The molecule has 1 amide bonds. The Morgan fingerprint density at radius 2 is 1.69 bits per heavy atom. The second-order valence-electron chi connectivity index (χ2n) is 8.66. The molecule has 0 saturated carbocycles. The smallest absolute Gasteiger partial charge is 0.291 e. The van der Waals surface area contributed by atoms with E-state index in [9.17, 15) is 13.2 Å². The third kappa shape index (κ3) is 4.44. The first kappa shape index (κ1) is 22.9. The molecule has 2 N–H and O–H groups in total. The summed E-state index contributed by atoms with van der Waals surface area (Å²) >= 11 is 0. The Morgan fingerprint density at radius 1 is 0.943 bits per heavy atom. The molecule has 0 aliphatic heterocycles. The molecule has 0 fully saturated rings. The lowest BCUT2D eigenvalue weighted by Gasteiger charge is -2.14. The number of furan rings is 1. The van der Waals surface area contributed by atoms with Gasteiger partial charge in [0.15, 0.2) is 5.76 Å². The molecule has 0 bridgehead atoms. The molecule has 178 valence electrons. The van der Waals surface area contributed by atoms with Crippen LogP contribution in [0.15, 0.2) is 81.1 Å². The summed E-state index contributed by atoms with van der Waals surface area (Å²) in [5, 5.41) is 9.16. The number of aryl methyl sites for hydroxylation is 2. The van der Waals surface area contributed by atoms with Crippen molar-refractivity contribution < 1.29 is 17.6 Å². The summed E-state index contributed by atoms with van der Waals surface area (Å²) in [6, 6.07) is 20.1. The van der Waals surface area contributed by atoms with Crippen LogP contribution in [-0.4, -0.2) is 20.0 Å². The van der Waals surface area contributed by atoms with E-state index in [1.807, 2.05) is 49.4 Å². The van der Waals surface area contributed by atoms with Crippen LogP contribution in [0.25, 0.3) is 10.8 Å². The molecule has 0 unspecified atom stereocenters. The average molecular weight is 488 g/mol. The van der Waals surface area contributed by atoms with Crippen molar-refractivity contribution in [3.8, 4) is 0 Å². The van der Waals surface area contributed by atoms with Crippen LogP contribution in [0, 0.1) is 13.8 Å². The second-order valence-corrected chi connectivity index (χ2v) is 10.3. The number of fused-ring (bicyclic) bond motifs is 2. The standard InChI is InChI=1S/C27H25N3O4S/c1-17-13-15-20(16-14-17)35(32,33)30-29-23-11-6-12-24-25(23)18(2)26(34-24)27(31)28-22-10-5-8-19-7-3-4-9-21(19)22/h3-5,7-10,13-16,30H,6,11-12H2,1-2H3,(H,28,31)/b29-23+. The van der Waals surface area contributed by atoms with Gasteiger partial charge < -0.3 is 9.73 Å². The number of hydrogen-bond acceptors (Lipinski definition) is 5. The minimum atomic E-state index is -3.81. The first-order chi connectivity index (χ1) is 16.8. The van der Waals surface area contributed by atoms with E-state index >= 15 is 0 Å². The van der Waals surface area contributed by atoms with Crippen molar-refractivity contribution in [2.75, 3.05) is 5.32 Å². The van der Waals surface area contributed by atoms with E-state index in [0.717, 1.165) is 22.8 Å². The van der Waals surface area contributed by atoms with Crippen LogP contribution in [-0.2, 0) is 16.4 Å². The maximum absolute atomic E-state index is 13.2. The molecular formula is C27H25N3O4S. The van der Waals surface area contributed by atoms with Crippen molar-refractivity contribution in [3.63, 3.8) is 0 Å². The van der Waals surface area contributed by atoms with Crippen molar-refractivity contribution in [1.29, 1.82) is 0 Å². The largest absolute Gasteiger partial charge is 0.455 e. The van der Waals surface area contributed by atoms with Gasteiger partial charge in [-0.05, 0) is 50.3 Å². The highest BCUT2D eigenvalue weighted by atomic mass is 32.2. The van der Waals surface area contributed by atoms with Gasteiger partial charge in [-0.1, -0.05) is 54.1 Å². The van der Waals surface area contributed by atoms with E-state index in [-0.39, 0.29) is 16.6 Å². The average Bonchev–Trinajstić information content (AvgIpc) is 3.20. The highest BCUT2D eigenvalue weighted by molar-refractivity contribution is 7.89. The van der Waals surface area contributed by atoms with Crippen molar-refractivity contribution >= 4 is 38.1 Å². The van der Waals surface area contributed by atoms with Gasteiger partial charge in [-0.2, -0.15) is 18.4 Å². The van der Waals surface area contributed by atoms with E-state index in [0.29, 0.717) is 41.1 Å². The lowest BCUT2D eigenvalue weighted by molar-refractivity contribution is 0.0994. The van der Waals surface area contributed by atoms with Crippen LogP contribution in [0.5, 0.6) is 0 Å². The van der Waals surface area contributed by atoms with Gasteiger partial charge in [0.2, 0.25) is 0 Å². The van der Waals surface area contributed by atoms with Crippen molar-refractivity contribution in [1.82, 2.24) is 4.83 Å². The maximum Gasteiger partial charge on any atom is 0.291 e. The van der Waals surface area contributed by atoms with E-state index in [1.165, 1.54) is 0 Å². The highest BCUT2D eigenvalue weighted by Crippen LogP contribution is 2.31. The van der Waals surface area contributed by atoms with Crippen LogP contribution >= 0.6 is 0 Å². The first-order valence-corrected chi connectivity index (χ1v) is 12.9. The number of hydrazone groups is 1. The van der Waals surface area contributed by atoms with Gasteiger partial charge in [-0.15, -0.1) is 0 Å². The van der Waals surface area contributed by atoms with Gasteiger partial charge in [0.1, 0.15) is 5.76 Å². The molecule has 0 atom stereocenters. The molecule has 1 aromatic heterocycles. The normalized spacial score (nSPS) is 14.6. The molecule has 5 rings (SSSR count). The van der Waals surface area contributed by atoms with E-state index in [2.05, 4.69) is 15.2 Å². The van der Waals surface area contributed by atoms with Gasteiger partial charge in [0.25, 0.3) is 15.9 Å². The number of nitrogens with one attached hydrogen (secondary N) is 2. The third-order valence-corrected chi connectivity index (χ3v) is 7.43. The van der Waals surface area contributed by atoms with Gasteiger partial charge in [-0.25, -0.2) is 0 Å². The zero-order valence-electron chi connectivity index (χ0n) is 19.5. The van der Waals surface area contributed by atoms with E-state index in [4.69, 9.17) is 4.42 Å². The molecule has 1 heterocycles. The molecule has 35 heavy (non-hydrogen) atoms. The highest BCUT2D eigenvalue weighted by Gasteiger charge is 2.28. The van der Waals surface area contributed by atoms with Gasteiger partial charge in [0.05, 0.1) is 10.6 Å². The van der Waals surface area contributed by atoms with Crippen LogP contribution in [0.1, 0.15) is 45.8 Å². The summed E-state index contributed by atoms with van der Waals surface area (Å²) in [4.78, 5) is 15.7. The Morgan fingerprint density at radius 3 is 2.49 bits per heavy atom. The molecule has 3 aromatic carbocycles. The minimum Gasteiger partial charge on any atom is -0.455 e. The minimum absolute atomic E-state index is 0.141. The summed E-state index contributed by atoms with van der Waals surface area (Å²) in [6.07, 6.45) is 1.98. The molecule has 8 heteroatoms. The van der Waals surface area contributed by atoms with Crippen LogP contribution < -0.4 is 10.1 Å². The van der Waals surface area contributed by atoms with Crippen LogP contribution in [0.3, 0.4) is 0 Å². The number of carbonyl (C=O) groups is 1. The number of nitrogens with zero attached hydrogens (tertiary/aromatic N) is 1. The molecule has 7 nitrogen and oxygen atoms in total. The number of carbonyl (C=O) groups excluding carboxylic acids is 1. The Bertz CT molecular complexity index is 1560. The van der Waals surface area contributed by atoms with Crippen molar-refractivity contribution in [2.45, 2.75) is 38.0 Å². The Balaban J connectivity index is 1.43. The van der Waals surface area contributed by atoms with E-state index < -0.39 is 10.0 Å². The maximum atomic E-state index is 13.2. The number of anilines is 1. The first-order valence-electron chi connectivity index (χ1n) is 11.4. The van der Waals surface area contributed by atoms with E-state index in [1.54, 1.807) is 31.2 Å².